The third-order valence-electron chi connectivity index (χ3n) is 2.67. The number of amidine groups is 1. The molecule has 0 saturated carbocycles. The van der Waals surface area contributed by atoms with Crippen molar-refractivity contribution < 1.29 is 8.42 Å². The lowest BCUT2D eigenvalue weighted by atomic mass is 10.2. The Balaban J connectivity index is 2.13. The molecule has 2 heterocycles. The van der Waals surface area contributed by atoms with Gasteiger partial charge in [-0.15, -0.1) is 15.7 Å². The van der Waals surface area contributed by atoms with Gasteiger partial charge in [0.1, 0.15) is 11.5 Å². The van der Waals surface area contributed by atoms with Gasteiger partial charge in [-0.25, -0.2) is 10.1 Å². The summed E-state index contributed by atoms with van der Waals surface area (Å²) >= 11 is 1.28. The van der Waals surface area contributed by atoms with Crippen molar-refractivity contribution in [2.24, 2.45) is 31.7 Å². The topological polar surface area (TPSA) is 189 Å². The molecule has 10 nitrogen and oxygen atoms in total. The van der Waals surface area contributed by atoms with E-state index in [1.165, 1.54) is 11.3 Å². The van der Waals surface area contributed by atoms with Gasteiger partial charge in [-0.05, 0) is 18.6 Å². The predicted octanol–water partition coefficient (Wildman–Crippen LogP) is -0.397. The smallest absolute Gasteiger partial charge is 0.318 e. The average molecular weight is 368 g/mol. The SMILES string of the molecule is NC(N)=Nc1nc(-c2cccc(CC/C(N)=N\S(N)(=O)=O)n2)cs1. The average Bonchev–Trinajstić information content (AvgIpc) is 2.91. The zero-order valence-corrected chi connectivity index (χ0v) is 14.1. The highest BCUT2D eigenvalue weighted by Gasteiger charge is 2.08. The summed E-state index contributed by atoms with van der Waals surface area (Å²) in [5.41, 5.74) is 18.1. The van der Waals surface area contributed by atoms with Gasteiger partial charge >= 0.3 is 10.2 Å². The molecule has 0 spiro atoms. The normalized spacial score (nSPS) is 12.1. The van der Waals surface area contributed by atoms with E-state index in [-0.39, 0.29) is 18.2 Å². The number of aryl methyl sites for hydroxylation is 1. The molecule has 0 aromatic carbocycles. The Morgan fingerprint density at radius 3 is 2.58 bits per heavy atom. The molecule has 8 N–H and O–H groups in total. The summed E-state index contributed by atoms with van der Waals surface area (Å²) < 4.78 is 24.9. The third-order valence-corrected chi connectivity index (χ3v) is 3.89. The number of hydrogen-bond acceptors (Lipinski definition) is 6. The molecular weight excluding hydrogens is 352 g/mol. The summed E-state index contributed by atoms with van der Waals surface area (Å²) in [7, 11) is -3.99. The second-order valence-corrected chi connectivity index (χ2v) is 6.71. The molecule has 0 bridgehead atoms. The Kier molecular flexibility index (Phi) is 5.43. The molecular formula is C12H16N8O2S2. The van der Waals surface area contributed by atoms with Crippen molar-refractivity contribution in [1.82, 2.24) is 9.97 Å². The third kappa shape index (κ3) is 5.57. The zero-order valence-electron chi connectivity index (χ0n) is 12.5. The number of rotatable bonds is 6. The number of guanidine groups is 1. The highest BCUT2D eigenvalue weighted by molar-refractivity contribution is 7.88. The van der Waals surface area contributed by atoms with E-state index in [4.69, 9.17) is 22.3 Å². The van der Waals surface area contributed by atoms with E-state index in [2.05, 4.69) is 19.4 Å². The van der Waals surface area contributed by atoms with Crippen LogP contribution in [0.2, 0.25) is 0 Å². The van der Waals surface area contributed by atoms with Crippen LogP contribution in [-0.4, -0.2) is 30.2 Å². The zero-order chi connectivity index (χ0) is 17.7. The van der Waals surface area contributed by atoms with E-state index in [0.29, 0.717) is 28.6 Å². The first kappa shape index (κ1) is 17.8. The summed E-state index contributed by atoms with van der Waals surface area (Å²) in [4.78, 5) is 12.6. The van der Waals surface area contributed by atoms with Gasteiger partial charge in [0.25, 0.3) is 0 Å². The molecule has 2 aromatic rings. The highest BCUT2D eigenvalue weighted by atomic mass is 32.2. The van der Waals surface area contributed by atoms with Crippen LogP contribution in [0, 0.1) is 0 Å². The lowest BCUT2D eigenvalue weighted by molar-refractivity contribution is 0.599. The maximum absolute atomic E-state index is 10.8. The van der Waals surface area contributed by atoms with Crippen LogP contribution in [0.4, 0.5) is 5.13 Å². The van der Waals surface area contributed by atoms with Gasteiger partial charge < -0.3 is 17.2 Å². The molecule has 0 aliphatic carbocycles. The Hall–Kier alpha value is -2.57. The second kappa shape index (κ2) is 7.33. The molecule has 0 saturated heterocycles. The van der Waals surface area contributed by atoms with Crippen molar-refractivity contribution in [3.63, 3.8) is 0 Å². The van der Waals surface area contributed by atoms with Crippen LogP contribution >= 0.6 is 11.3 Å². The maximum Gasteiger partial charge on any atom is 0.318 e. The van der Waals surface area contributed by atoms with Gasteiger partial charge in [0.15, 0.2) is 5.96 Å². The molecule has 0 fully saturated rings. The summed E-state index contributed by atoms with van der Waals surface area (Å²) in [5.74, 6) is -0.143. The summed E-state index contributed by atoms with van der Waals surface area (Å²) in [5, 5.41) is 7.01. The van der Waals surface area contributed by atoms with E-state index >= 15 is 0 Å². The quantitative estimate of drug-likeness (QED) is 0.394. The van der Waals surface area contributed by atoms with E-state index in [1.54, 1.807) is 17.5 Å². The largest absolute Gasteiger partial charge is 0.386 e. The van der Waals surface area contributed by atoms with Crippen LogP contribution in [0.1, 0.15) is 12.1 Å². The number of nitrogens with zero attached hydrogens (tertiary/aromatic N) is 4. The fourth-order valence-electron chi connectivity index (χ4n) is 1.77. The number of aliphatic imine (C=N–C) groups is 1. The lowest BCUT2D eigenvalue weighted by Crippen LogP contribution is -2.21. The van der Waals surface area contributed by atoms with Crippen LogP contribution in [0.15, 0.2) is 33.0 Å². The summed E-state index contributed by atoms with van der Waals surface area (Å²) in [6.07, 6.45) is 0.618. The molecule has 2 aromatic heterocycles. The first-order valence-electron chi connectivity index (χ1n) is 6.61. The lowest BCUT2D eigenvalue weighted by Gasteiger charge is -2.03. The van der Waals surface area contributed by atoms with E-state index in [0.717, 1.165) is 0 Å². The molecule has 128 valence electrons. The molecule has 0 amide bonds. The molecule has 2 rings (SSSR count). The molecule has 24 heavy (non-hydrogen) atoms. The van der Waals surface area contributed by atoms with Crippen LogP contribution in [0.3, 0.4) is 0 Å². The Bertz CT molecular complexity index is 884. The molecule has 0 atom stereocenters. The van der Waals surface area contributed by atoms with Gasteiger partial charge in [-0.1, -0.05) is 6.07 Å². The van der Waals surface area contributed by atoms with Crippen LogP contribution in [0.25, 0.3) is 11.4 Å². The van der Waals surface area contributed by atoms with Crippen molar-refractivity contribution in [1.29, 1.82) is 0 Å². The number of pyridine rings is 1. The molecule has 0 unspecified atom stereocenters. The van der Waals surface area contributed by atoms with Gasteiger partial charge in [0.2, 0.25) is 5.13 Å². The van der Waals surface area contributed by atoms with Crippen LogP contribution in [-0.2, 0) is 16.6 Å². The minimum absolute atomic E-state index is 0.0674. The number of nitrogens with two attached hydrogens (primary N) is 4. The molecule has 12 heteroatoms. The first-order chi connectivity index (χ1) is 11.2. The highest BCUT2D eigenvalue weighted by Crippen LogP contribution is 2.25. The Labute approximate surface area is 142 Å². The number of aromatic nitrogens is 2. The minimum Gasteiger partial charge on any atom is -0.386 e. The summed E-state index contributed by atoms with van der Waals surface area (Å²) in [6, 6.07) is 5.39. The monoisotopic (exact) mass is 368 g/mol. The van der Waals surface area contributed by atoms with Gasteiger partial charge in [-0.2, -0.15) is 13.4 Å². The standard InChI is InChI=1S/C12H16N8O2S2/c13-10(20-24(16,21)22)5-4-7-2-1-3-8(17-7)9-6-23-12(18-9)19-11(14)15/h1-3,6H,4-5H2,(H2,13,20)(H2,16,21,22)(H4,14,15,18,19). The predicted molar refractivity (Wildman–Crippen MR) is 93.9 cm³/mol. The van der Waals surface area contributed by atoms with E-state index < -0.39 is 10.2 Å². The Morgan fingerprint density at radius 1 is 1.17 bits per heavy atom. The summed E-state index contributed by atoms with van der Waals surface area (Å²) in [6.45, 7) is 0. The fourth-order valence-corrected chi connectivity index (χ4v) is 2.89. The van der Waals surface area contributed by atoms with E-state index in [9.17, 15) is 8.42 Å². The molecule has 0 radical (unpaired) electrons. The van der Waals surface area contributed by atoms with Crippen molar-refractivity contribution in [2.45, 2.75) is 12.8 Å². The van der Waals surface area contributed by atoms with Crippen molar-refractivity contribution in [2.75, 3.05) is 0 Å². The fraction of sp³-hybridized carbons (Fsp3) is 0.167. The Morgan fingerprint density at radius 2 is 1.92 bits per heavy atom. The van der Waals surface area contributed by atoms with Gasteiger partial charge in [-0.3, -0.25) is 4.98 Å². The maximum atomic E-state index is 10.8. The van der Waals surface area contributed by atoms with Gasteiger partial charge in [0.05, 0.1) is 5.69 Å². The van der Waals surface area contributed by atoms with Crippen molar-refractivity contribution >= 4 is 38.5 Å². The number of hydrogen-bond donors (Lipinski definition) is 4. The van der Waals surface area contributed by atoms with Crippen LogP contribution < -0.4 is 22.3 Å². The van der Waals surface area contributed by atoms with Crippen LogP contribution in [0.5, 0.6) is 0 Å². The van der Waals surface area contributed by atoms with E-state index in [1.807, 2.05) is 6.07 Å². The minimum atomic E-state index is -3.99. The first-order valence-corrected chi connectivity index (χ1v) is 9.00. The molecule has 0 aliphatic heterocycles. The van der Waals surface area contributed by atoms with Crippen molar-refractivity contribution in [3.05, 3.63) is 29.3 Å². The molecule has 0 aliphatic rings. The number of thiazole rings is 1. The van der Waals surface area contributed by atoms with Gasteiger partial charge in [0, 0.05) is 17.5 Å². The van der Waals surface area contributed by atoms with Crippen molar-refractivity contribution in [3.8, 4) is 11.4 Å². The second-order valence-electron chi connectivity index (χ2n) is 4.66.